The minimum atomic E-state index is 0.152. The summed E-state index contributed by atoms with van der Waals surface area (Å²) in [7, 11) is 1.74. The monoisotopic (exact) mass is 398 g/mol. The molecule has 0 aliphatic carbocycles. The average molecular weight is 399 g/mol. The molecule has 1 aromatic carbocycles. The molecule has 1 aliphatic heterocycles. The number of benzene rings is 1. The zero-order valence-corrected chi connectivity index (χ0v) is 17.4. The summed E-state index contributed by atoms with van der Waals surface area (Å²) >= 11 is 1.76. The average Bonchev–Trinajstić information content (AvgIpc) is 3.25. The van der Waals surface area contributed by atoms with Crippen molar-refractivity contribution in [2.45, 2.75) is 25.7 Å². The van der Waals surface area contributed by atoms with Crippen LogP contribution in [0.15, 0.2) is 52.8 Å². The van der Waals surface area contributed by atoms with Crippen molar-refractivity contribution in [1.29, 1.82) is 0 Å². The number of nitrogens with one attached hydrogen (secondary N) is 2. The number of rotatable bonds is 7. The van der Waals surface area contributed by atoms with E-state index < -0.39 is 0 Å². The molecule has 3 rings (SSSR count). The summed E-state index contributed by atoms with van der Waals surface area (Å²) in [5.74, 6) is 1.51. The Morgan fingerprint density at radius 3 is 2.61 bits per heavy atom. The van der Waals surface area contributed by atoms with Gasteiger partial charge in [0.05, 0.1) is 6.54 Å². The highest BCUT2D eigenvalue weighted by Crippen LogP contribution is 2.21. The van der Waals surface area contributed by atoms with Crippen molar-refractivity contribution >= 4 is 23.2 Å². The van der Waals surface area contributed by atoms with Crippen LogP contribution < -0.4 is 10.6 Å². The molecule has 2 heterocycles. The van der Waals surface area contributed by atoms with Gasteiger partial charge in [0.1, 0.15) is 0 Å². The Morgan fingerprint density at radius 2 is 1.93 bits per heavy atom. The van der Waals surface area contributed by atoms with Crippen LogP contribution in [0.5, 0.6) is 0 Å². The van der Waals surface area contributed by atoms with Crippen LogP contribution in [-0.4, -0.2) is 50.0 Å². The fraction of sp³-hybridized carbons (Fsp3) is 0.455. The fourth-order valence-corrected chi connectivity index (χ4v) is 4.29. The number of amides is 1. The third-order valence-corrected chi connectivity index (χ3v) is 6.15. The molecule has 5 nitrogen and oxygen atoms in total. The Balaban J connectivity index is 1.34. The number of guanidine groups is 1. The van der Waals surface area contributed by atoms with E-state index in [9.17, 15) is 4.79 Å². The molecule has 2 N–H and O–H groups in total. The van der Waals surface area contributed by atoms with Crippen LogP contribution in [0, 0.1) is 5.92 Å². The highest BCUT2D eigenvalue weighted by molar-refractivity contribution is 7.09. The number of carbonyl (C=O) groups excluding carboxylic acids is 1. The zero-order valence-electron chi connectivity index (χ0n) is 16.6. The molecule has 1 amide bonds. The largest absolute Gasteiger partial charge is 0.356 e. The highest BCUT2D eigenvalue weighted by Gasteiger charge is 2.22. The first kappa shape index (κ1) is 20.4. The Labute approximate surface area is 171 Å². The minimum absolute atomic E-state index is 0.152. The van der Waals surface area contributed by atoms with Gasteiger partial charge in [-0.2, -0.15) is 0 Å². The second-order valence-corrected chi connectivity index (χ2v) is 8.23. The number of hydrogen-bond donors (Lipinski definition) is 2. The van der Waals surface area contributed by atoms with Crippen LogP contribution in [0.3, 0.4) is 0 Å². The van der Waals surface area contributed by atoms with Crippen LogP contribution in [0.4, 0.5) is 0 Å². The number of likely N-dealkylation sites (tertiary alicyclic amines) is 1. The predicted molar refractivity (Wildman–Crippen MR) is 117 cm³/mol. The lowest BCUT2D eigenvalue weighted by molar-refractivity contribution is -0.131. The van der Waals surface area contributed by atoms with E-state index in [1.807, 2.05) is 4.90 Å². The second kappa shape index (κ2) is 10.9. The maximum atomic E-state index is 12.5. The molecule has 1 fully saturated rings. The van der Waals surface area contributed by atoms with E-state index in [2.05, 4.69) is 63.5 Å². The molecule has 1 aromatic heterocycles. The number of piperidine rings is 1. The van der Waals surface area contributed by atoms with Gasteiger partial charge in [-0.1, -0.05) is 36.4 Å². The summed E-state index contributed by atoms with van der Waals surface area (Å²) in [6.07, 6.45) is 4.23. The van der Waals surface area contributed by atoms with Crippen LogP contribution in [-0.2, 0) is 17.6 Å². The third-order valence-electron chi connectivity index (χ3n) is 5.21. The van der Waals surface area contributed by atoms with E-state index in [1.54, 1.807) is 18.4 Å². The topological polar surface area (TPSA) is 56.7 Å². The maximum absolute atomic E-state index is 12.5. The van der Waals surface area contributed by atoms with Crippen LogP contribution in [0.1, 0.15) is 23.3 Å². The molecule has 1 aliphatic rings. The van der Waals surface area contributed by atoms with E-state index in [0.29, 0.717) is 18.4 Å². The van der Waals surface area contributed by atoms with Crippen molar-refractivity contribution < 1.29 is 4.79 Å². The fourth-order valence-electron chi connectivity index (χ4n) is 3.58. The molecule has 150 valence electrons. The molecule has 28 heavy (non-hydrogen) atoms. The SMILES string of the molecule is CN=C(NCCc1cccs1)NCC(=O)N1CCC(Cc2ccccc2)CC1. The van der Waals surface area contributed by atoms with E-state index in [1.165, 1.54) is 10.4 Å². The molecule has 0 radical (unpaired) electrons. The molecular weight excluding hydrogens is 368 g/mol. The van der Waals surface area contributed by atoms with E-state index in [0.717, 1.165) is 45.3 Å². The Bertz CT molecular complexity index is 737. The minimum Gasteiger partial charge on any atom is -0.356 e. The molecule has 0 unspecified atom stereocenters. The Hall–Kier alpha value is -2.34. The number of carbonyl (C=O) groups is 1. The lowest BCUT2D eigenvalue weighted by Crippen LogP contribution is -2.47. The molecular formula is C22H30N4OS. The molecule has 0 spiro atoms. The number of thiophene rings is 1. The Kier molecular flexibility index (Phi) is 7.91. The standard InChI is InChI=1S/C22H30N4OS/c1-23-22(24-12-9-20-8-5-15-28-20)25-17-21(27)26-13-10-19(11-14-26)16-18-6-3-2-4-7-18/h2-8,15,19H,9-14,16-17H2,1H3,(H2,23,24,25). The number of nitrogens with zero attached hydrogens (tertiary/aromatic N) is 2. The maximum Gasteiger partial charge on any atom is 0.241 e. The Morgan fingerprint density at radius 1 is 1.14 bits per heavy atom. The summed E-state index contributed by atoms with van der Waals surface area (Å²) in [6.45, 7) is 2.80. The second-order valence-electron chi connectivity index (χ2n) is 7.20. The van der Waals surface area contributed by atoms with E-state index >= 15 is 0 Å². The molecule has 6 heteroatoms. The lowest BCUT2D eigenvalue weighted by atomic mass is 9.90. The van der Waals surface area contributed by atoms with Crippen molar-refractivity contribution in [2.75, 3.05) is 33.2 Å². The predicted octanol–water partition coefficient (Wildman–Crippen LogP) is 2.94. The highest BCUT2D eigenvalue weighted by atomic mass is 32.1. The van der Waals surface area contributed by atoms with Gasteiger partial charge in [-0.05, 0) is 48.6 Å². The summed E-state index contributed by atoms with van der Waals surface area (Å²) in [5.41, 5.74) is 1.39. The molecule has 1 saturated heterocycles. The zero-order chi connectivity index (χ0) is 19.6. The number of aliphatic imine (C=N–C) groups is 1. The quantitative estimate of drug-likeness (QED) is 0.557. The summed E-state index contributed by atoms with van der Waals surface area (Å²) in [5, 5.41) is 8.51. The van der Waals surface area contributed by atoms with Gasteiger partial charge >= 0.3 is 0 Å². The van der Waals surface area contributed by atoms with Crippen molar-refractivity contribution in [1.82, 2.24) is 15.5 Å². The number of hydrogen-bond acceptors (Lipinski definition) is 3. The van der Waals surface area contributed by atoms with E-state index in [-0.39, 0.29) is 5.91 Å². The molecule has 2 aromatic rings. The first-order valence-electron chi connectivity index (χ1n) is 10.0. The van der Waals surface area contributed by atoms with Gasteiger partial charge in [-0.15, -0.1) is 11.3 Å². The normalized spacial score (nSPS) is 15.5. The van der Waals surface area contributed by atoms with Gasteiger partial charge in [0.2, 0.25) is 5.91 Å². The molecule has 0 bridgehead atoms. The smallest absolute Gasteiger partial charge is 0.241 e. The summed E-state index contributed by atoms with van der Waals surface area (Å²) in [4.78, 5) is 20.1. The van der Waals surface area contributed by atoms with Crippen molar-refractivity contribution in [2.24, 2.45) is 10.9 Å². The van der Waals surface area contributed by atoms with Crippen molar-refractivity contribution in [3.8, 4) is 0 Å². The third kappa shape index (κ3) is 6.37. The van der Waals surface area contributed by atoms with Crippen molar-refractivity contribution in [3.05, 3.63) is 58.3 Å². The van der Waals surface area contributed by atoms with Gasteiger partial charge in [0.15, 0.2) is 5.96 Å². The van der Waals surface area contributed by atoms with Gasteiger partial charge < -0.3 is 15.5 Å². The summed E-state index contributed by atoms with van der Waals surface area (Å²) < 4.78 is 0. The van der Waals surface area contributed by atoms with Gasteiger partial charge in [0.25, 0.3) is 0 Å². The first-order chi connectivity index (χ1) is 13.7. The van der Waals surface area contributed by atoms with Gasteiger partial charge in [-0.3, -0.25) is 9.79 Å². The van der Waals surface area contributed by atoms with Crippen LogP contribution in [0.25, 0.3) is 0 Å². The van der Waals surface area contributed by atoms with Gasteiger partial charge in [0, 0.05) is 31.6 Å². The lowest BCUT2D eigenvalue weighted by Gasteiger charge is -2.32. The first-order valence-corrected chi connectivity index (χ1v) is 10.9. The van der Waals surface area contributed by atoms with E-state index in [4.69, 9.17) is 0 Å². The summed E-state index contributed by atoms with van der Waals surface area (Å²) in [6, 6.07) is 14.8. The van der Waals surface area contributed by atoms with Crippen LogP contribution >= 0.6 is 11.3 Å². The molecule has 0 saturated carbocycles. The molecule has 0 atom stereocenters. The van der Waals surface area contributed by atoms with Crippen LogP contribution in [0.2, 0.25) is 0 Å². The van der Waals surface area contributed by atoms with Crippen molar-refractivity contribution in [3.63, 3.8) is 0 Å². The van der Waals surface area contributed by atoms with Gasteiger partial charge in [-0.25, -0.2) is 0 Å².